The van der Waals surface area contributed by atoms with Crippen LogP contribution < -0.4 is 20.5 Å². The van der Waals surface area contributed by atoms with Crippen LogP contribution in [0.5, 0.6) is 11.5 Å². The number of nitrogens with two attached hydrogens (primary N) is 1. The molecule has 37 heavy (non-hydrogen) atoms. The van der Waals surface area contributed by atoms with E-state index >= 15 is 0 Å². The van der Waals surface area contributed by atoms with Gasteiger partial charge in [-0.3, -0.25) is 0 Å². The smallest absolute Gasteiger partial charge is 0.337 e. The van der Waals surface area contributed by atoms with Crippen molar-refractivity contribution in [3.63, 3.8) is 0 Å². The molecule has 3 rings (SSSR count). The first-order valence-electron chi connectivity index (χ1n) is 11.4. The Bertz CT molecular complexity index is 1260. The molecule has 3 aromatic rings. The highest BCUT2D eigenvalue weighted by molar-refractivity contribution is 5.97. The molecule has 0 saturated heterocycles. The second kappa shape index (κ2) is 12.8. The molecular weight excluding hydrogens is 478 g/mol. The lowest BCUT2D eigenvalue weighted by Crippen LogP contribution is -2.23. The topological polar surface area (TPSA) is 142 Å². The lowest BCUT2D eigenvalue weighted by molar-refractivity contribution is -0.141. The van der Waals surface area contributed by atoms with Crippen molar-refractivity contribution in [2.24, 2.45) is 10.9 Å². The Labute approximate surface area is 214 Å². The van der Waals surface area contributed by atoms with Crippen LogP contribution in [0.25, 0.3) is 0 Å². The molecular formula is C27H29N3O7. The first-order chi connectivity index (χ1) is 17.9. The lowest BCUT2D eigenvalue weighted by atomic mass is 10.0. The fourth-order valence-corrected chi connectivity index (χ4v) is 3.55. The SMILES string of the molecule is CCOc1ccc(OCc2cccc(C(=O)OC)c2)c(C(Nc2ccc(C(N)=NO)cc2)C(=O)OC)c1. The number of nitrogens with zero attached hydrogens (tertiary/aromatic N) is 1. The summed E-state index contributed by atoms with van der Waals surface area (Å²) in [5.74, 6) is -0.0608. The third kappa shape index (κ3) is 6.91. The summed E-state index contributed by atoms with van der Waals surface area (Å²) in [5.41, 5.74) is 8.37. The summed E-state index contributed by atoms with van der Waals surface area (Å²) in [6, 6.07) is 17.8. The fourth-order valence-electron chi connectivity index (χ4n) is 3.55. The van der Waals surface area contributed by atoms with Crippen molar-refractivity contribution in [2.45, 2.75) is 19.6 Å². The molecule has 0 fully saturated rings. The first kappa shape index (κ1) is 26.9. The average molecular weight is 508 g/mol. The zero-order valence-electron chi connectivity index (χ0n) is 20.8. The fraction of sp³-hybridized carbons (Fsp3) is 0.222. The number of esters is 2. The van der Waals surface area contributed by atoms with Crippen molar-refractivity contribution in [1.82, 2.24) is 0 Å². The molecule has 10 nitrogen and oxygen atoms in total. The van der Waals surface area contributed by atoms with Crippen molar-refractivity contribution >= 4 is 23.5 Å². The van der Waals surface area contributed by atoms with E-state index in [1.807, 2.05) is 13.0 Å². The van der Waals surface area contributed by atoms with Crippen LogP contribution in [0, 0.1) is 0 Å². The molecule has 3 aromatic carbocycles. The maximum absolute atomic E-state index is 12.9. The Hall–Kier alpha value is -4.73. The van der Waals surface area contributed by atoms with Gasteiger partial charge in [-0.1, -0.05) is 17.3 Å². The van der Waals surface area contributed by atoms with E-state index < -0.39 is 18.0 Å². The standard InChI is InChI=1S/C27H29N3O7/c1-4-36-21-12-13-23(37-16-17-6-5-7-19(14-17)26(31)34-2)22(15-21)24(27(32)35-3)29-20-10-8-18(9-11-20)25(28)30-33/h5-15,24,29,33H,4,16H2,1-3H3,(H2,28,30). The number of methoxy groups -OCH3 is 2. The van der Waals surface area contributed by atoms with E-state index in [0.717, 1.165) is 5.56 Å². The van der Waals surface area contributed by atoms with Gasteiger partial charge in [0, 0.05) is 16.8 Å². The van der Waals surface area contributed by atoms with Gasteiger partial charge in [0.05, 0.1) is 26.4 Å². The van der Waals surface area contributed by atoms with Crippen molar-refractivity contribution in [1.29, 1.82) is 0 Å². The molecule has 0 spiro atoms. The monoisotopic (exact) mass is 507 g/mol. The summed E-state index contributed by atoms with van der Waals surface area (Å²) in [5, 5.41) is 15.0. The van der Waals surface area contributed by atoms with Gasteiger partial charge in [0.2, 0.25) is 0 Å². The maximum atomic E-state index is 12.9. The zero-order chi connectivity index (χ0) is 26.8. The van der Waals surface area contributed by atoms with E-state index in [1.165, 1.54) is 14.2 Å². The molecule has 0 amide bonds. The molecule has 0 aliphatic carbocycles. The van der Waals surface area contributed by atoms with E-state index in [2.05, 4.69) is 10.5 Å². The Kier molecular flexibility index (Phi) is 9.31. The normalized spacial score (nSPS) is 11.8. The number of ether oxygens (including phenoxy) is 4. The van der Waals surface area contributed by atoms with Crippen LogP contribution in [0.3, 0.4) is 0 Å². The molecule has 0 saturated carbocycles. The molecule has 10 heteroatoms. The third-order valence-corrected chi connectivity index (χ3v) is 5.38. The Morgan fingerprint density at radius 1 is 0.973 bits per heavy atom. The summed E-state index contributed by atoms with van der Waals surface area (Å²) in [6.07, 6.45) is 0. The van der Waals surface area contributed by atoms with Gasteiger partial charge in [-0.25, -0.2) is 9.59 Å². The van der Waals surface area contributed by atoms with E-state index in [4.69, 9.17) is 29.9 Å². The number of amidine groups is 1. The number of carbonyl (C=O) groups excluding carboxylic acids is 2. The van der Waals surface area contributed by atoms with E-state index in [1.54, 1.807) is 60.7 Å². The van der Waals surface area contributed by atoms with E-state index in [9.17, 15) is 9.59 Å². The van der Waals surface area contributed by atoms with Crippen LogP contribution in [-0.4, -0.2) is 43.8 Å². The number of oxime groups is 1. The molecule has 0 heterocycles. The van der Waals surface area contributed by atoms with Gasteiger partial charge in [0.1, 0.15) is 18.1 Å². The minimum atomic E-state index is -0.948. The number of rotatable bonds is 11. The molecule has 1 unspecified atom stereocenters. The van der Waals surface area contributed by atoms with Gasteiger partial charge in [-0.05, 0) is 67.1 Å². The lowest BCUT2D eigenvalue weighted by Gasteiger charge is -2.22. The molecule has 0 radical (unpaired) electrons. The van der Waals surface area contributed by atoms with Crippen LogP contribution in [0.15, 0.2) is 71.9 Å². The predicted octanol–water partition coefficient (Wildman–Crippen LogP) is 3.87. The Morgan fingerprint density at radius 2 is 1.73 bits per heavy atom. The van der Waals surface area contributed by atoms with Gasteiger partial charge in [-0.2, -0.15) is 0 Å². The van der Waals surface area contributed by atoms with Crippen LogP contribution in [-0.2, 0) is 20.9 Å². The summed E-state index contributed by atoms with van der Waals surface area (Å²) in [4.78, 5) is 24.8. The number of nitrogens with one attached hydrogen (secondary N) is 1. The molecule has 0 aliphatic heterocycles. The number of carbonyl (C=O) groups is 2. The highest BCUT2D eigenvalue weighted by Gasteiger charge is 2.26. The van der Waals surface area contributed by atoms with E-state index in [0.29, 0.717) is 40.5 Å². The molecule has 0 aliphatic rings. The first-order valence-corrected chi connectivity index (χ1v) is 11.4. The van der Waals surface area contributed by atoms with Gasteiger partial charge >= 0.3 is 11.9 Å². The summed E-state index contributed by atoms with van der Waals surface area (Å²) in [7, 11) is 2.62. The van der Waals surface area contributed by atoms with Crippen LogP contribution >= 0.6 is 0 Å². The van der Waals surface area contributed by atoms with Crippen molar-refractivity contribution in [2.75, 3.05) is 26.1 Å². The molecule has 4 N–H and O–H groups in total. The predicted molar refractivity (Wildman–Crippen MR) is 137 cm³/mol. The van der Waals surface area contributed by atoms with E-state index in [-0.39, 0.29) is 12.4 Å². The Morgan fingerprint density at radius 3 is 2.38 bits per heavy atom. The highest BCUT2D eigenvalue weighted by Crippen LogP contribution is 2.33. The van der Waals surface area contributed by atoms with Gasteiger partial charge < -0.3 is 35.2 Å². The van der Waals surface area contributed by atoms with Crippen molar-refractivity contribution in [3.8, 4) is 11.5 Å². The van der Waals surface area contributed by atoms with Gasteiger partial charge in [0.25, 0.3) is 0 Å². The third-order valence-electron chi connectivity index (χ3n) is 5.38. The second-order valence-electron chi connectivity index (χ2n) is 7.78. The summed E-state index contributed by atoms with van der Waals surface area (Å²) in [6.45, 7) is 2.43. The van der Waals surface area contributed by atoms with Gasteiger partial charge in [-0.15, -0.1) is 0 Å². The number of hydrogen-bond donors (Lipinski definition) is 3. The minimum absolute atomic E-state index is 0.0348. The second-order valence-corrected chi connectivity index (χ2v) is 7.78. The van der Waals surface area contributed by atoms with Crippen LogP contribution in [0.1, 0.15) is 40.0 Å². The Balaban J connectivity index is 1.93. The number of anilines is 1. The number of hydrogen-bond acceptors (Lipinski definition) is 9. The van der Waals surface area contributed by atoms with Crippen molar-refractivity contribution in [3.05, 3.63) is 89.0 Å². The zero-order valence-corrected chi connectivity index (χ0v) is 20.8. The molecule has 0 aromatic heterocycles. The quantitative estimate of drug-likeness (QED) is 0.116. The van der Waals surface area contributed by atoms with Crippen molar-refractivity contribution < 1.29 is 33.7 Å². The molecule has 0 bridgehead atoms. The minimum Gasteiger partial charge on any atom is -0.494 e. The summed E-state index contributed by atoms with van der Waals surface area (Å²) < 4.78 is 21.6. The average Bonchev–Trinajstić information content (AvgIpc) is 2.94. The summed E-state index contributed by atoms with van der Waals surface area (Å²) >= 11 is 0. The van der Waals surface area contributed by atoms with Crippen LogP contribution in [0.2, 0.25) is 0 Å². The molecule has 194 valence electrons. The van der Waals surface area contributed by atoms with Gasteiger partial charge in [0.15, 0.2) is 11.9 Å². The highest BCUT2D eigenvalue weighted by atomic mass is 16.5. The molecule has 1 atom stereocenters. The largest absolute Gasteiger partial charge is 0.494 e. The number of benzene rings is 3. The maximum Gasteiger partial charge on any atom is 0.337 e. The van der Waals surface area contributed by atoms with Crippen LogP contribution in [0.4, 0.5) is 5.69 Å².